The SMILES string of the molecule is Cc1cnn(CCNC(=O)NCc2ccc(C(=O)O)cc2)c1. The topological polar surface area (TPSA) is 96.3 Å². The van der Waals surface area contributed by atoms with Gasteiger partial charge in [-0.15, -0.1) is 0 Å². The van der Waals surface area contributed by atoms with E-state index in [0.717, 1.165) is 11.1 Å². The molecule has 0 aliphatic heterocycles. The Morgan fingerprint density at radius 3 is 2.55 bits per heavy atom. The van der Waals surface area contributed by atoms with Gasteiger partial charge in [-0.2, -0.15) is 5.10 Å². The zero-order valence-electron chi connectivity index (χ0n) is 12.2. The molecule has 0 atom stereocenters. The summed E-state index contributed by atoms with van der Waals surface area (Å²) in [5.41, 5.74) is 2.14. The van der Waals surface area contributed by atoms with E-state index in [-0.39, 0.29) is 11.6 Å². The Bertz CT molecular complexity index is 649. The number of rotatable bonds is 6. The van der Waals surface area contributed by atoms with Gasteiger partial charge in [0, 0.05) is 19.3 Å². The third-order valence-corrected chi connectivity index (χ3v) is 3.04. The number of carbonyl (C=O) groups excluding carboxylic acids is 1. The van der Waals surface area contributed by atoms with Crippen LogP contribution >= 0.6 is 0 Å². The van der Waals surface area contributed by atoms with Crippen molar-refractivity contribution in [3.05, 3.63) is 53.3 Å². The monoisotopic (exact) mass is 302 g/mol. The van der Waals surface area contributed by atoms with Gasteiger partial charge in [0.05, 0.1) is 18.3 Å². The van der Waals surface area contributed by atoms with Crippen LogP contribution in [0.4, 0.5) is 4.79 Å². The highest BCUT2D eigenvalue weighted by Crippen LogP contribution is 2.04. The molecular formula is C15H18N4O3. The minimum absolute atomic E-state index is 0.225. The van der Waals surface area contributed by atoms with Crippen LogP contribution < -0.4 is 10.6 Å². The van der Waals surface area contributed by atoms with Crippen LogP contribution in [0.15, 0.2) is 36.7 Å². The number of carboxylic acid groups (broad SMARTS) is 1. The number of nitrogens with one attached hydrogen (secondary N) is 2. The van der Waals surface area contributed by atoms with Crippen LogP contribution in [-0.2, 0) is 13.1 Å². The number of nitrogens with zero attached hydrogens (tertiary/aromatic N) is 2. The lowest BCUT2D eigenvalue weighted by atomic mass is 10.1. The van der Waals surface area contributed by atoms with Crippen LogP contribution in [-0.4, -0.2) is 33.4 Å². The van der Waals surface area contributed by atoms with Crippen molar-refractivity contribution in [3.63, 3.8) is 0 Å². The Morgan fingerprint density at radius 2 is 1.95 bits per heavy atom. The molecule has 0 saturated heterocycles. The molecule has 2 amide bonds. The zero-order valence-corrected chi connectivity index (χ0v) is 12.2. The second kappa shape index (κ2) is 7.26. The van der Waals surface area contributed by atoms with E-state index < -0.39 is 5.97 Å². The van der Waals surface area contributed by atoms with E-state index in [2.05, 4.69) is 15.7 Å². The van der Waals surface area contributed by atoms with Gasteiger partial charge in [-0.1, -0.05) is 12.1 Å². The first-order chi connectivity index (χ1) is 10.5. The summed E-state index contributed by atoms with van der Waals surface area (Å²) in [6.45, 7) is 3.38. The van der Waals surface area contributed by atoms with Crippen LogP contribution in [0.1, 0.15) is 21.5 Å². The van der Waals surface area contributed by atoms with Crippen molar-refractivity contribution < 1.29 is 14.7 Å². The summed E-state index contributed by atoms with van der Waals surface area (Å²) in [7, 11) is 0. The molecule has 0 unspecified atom stereocenters. The van der Waals surface area contributed by atoms with Gasteiger partial charge in [-0.05, 0) is 30.2 Å². The van der Waals surface area contributed by atoms with E-state index in [1.54, 1.807) is 23.0 Å². The first kappa shape index (κ1) is 15.6. The molecule has 2 aromatic rings. The fraction of sp³-hybridized carbons (Fsp3) is 0.267. The molecule has 0 radical (unpaired) electrons. The summed E-state index contributed by atoms with van der Waals surface area (Å²) in [6, 6.07) is 6.10. The predicted octanol–water partition coefficient (Wildman–Crippen LogP) is 1.39. The van der Waals surface area contributed by atoms with E-state index in [4.69, 9.17) is 5.11 Å². The summed E-state index contributed by atoms with van der Waals surface area (Å²) < 4.78 is 1.76. The van der Waals surface area contributed by atoms with Gasteiger partial charge in [-0.25, -0.2) is 9.59 Å². The Kier molecular flexibility index (Phi) is 5.13. The van der Waals surface area contributed by atoms with Crippen LogP contribution in [0.25, 0.3) is 0 Å². The Hall–Kier alpha value is -2.83. The van der Waals surface area contributed by atoms with Gasteiger partial charge in [0.1, 0.15) is 0 Å². The zero-order chi connectivity index (χ0) is 15.9. The Balaban J connectivity index is 1.69. The summed E-state index contributed by atoms with van der Waals surface area (Å²) in [5.74, 6) is -0.967. The highest BCUT2D eigenvalue weighted by Gasteiger charge is 2.03. The molecule has 0 aliphatic carbocycles. The van der Waals surface area contributed by atoms with Crippen LogP contribution in [0.3, 0.4) is 0 Å². The number of carboxylic acids is 1. The van der Waals surface area contributed by atoms with E-state index in [1.807, 2.05) is 13.1 Å². The van der Waals surface area contributed by atoms with Crippen LogP contribution in [0.2, 0.25) is 0 Å². The number of aromatic carboxylic acids is 1. The van der Waals surface area contributed by atoms with Gasteiger partial charge in [0.2, 0.25) is 0 Å². The van der Waals surface area contributed by atoms with Crippen molar-refractivity contribution in [2.45, 2.75) is 20.0 Å². The number of hydrogen-bond acceptors (Lipinski definition) is 3. The second-order valence-corrected chi connectivity index (χ2v) is 4.89. The molecule has 3 N–H and O–H groups in total. The minimum atomic E-state index is -0.967. The quantitative estimate of drug-likeness (QED) is 0.751. The molecule has 1 aromatic heterocycles. The third-order valence-electron chi connectivity index (χ3n) is 3.04. The van der Waals surface area contributed by atoms with E-state index in [1.165, 1.54) is 12.1 Å². The van der Waals surface area contributed by atoms with E-state index in [0.29, 0.717) is 19.6 Å². The molecule has 1 aromatic carbocycles. The first-order valence-corrected chi connectivity index (χ1v) is 6.87. The second-order valence-electron chi connectivity index (χ2n) is 4.89. The average Bonchev–Trinajstić information content (AvgIpc) is 2.91. The molecule has 0 bridgehead atoms. The van der Waals surface area contributed by atoms with E-state index in [9.17, 15) is 9.59 Å². The molecule has 116 valence electrons. The maximum absolute atomic E-state index is 11.6. The maximum Gasteiger partial charge on any atom is 0.335 e. The standard InChI is InChI=1S/C15H18N4O3/c1-11-8-18-19(10-11)7-6-16-15(22)17-9-12-2-4-13(5-3-12)14(20)21/h2-5,8,10H,6-7,9H2,1H3,(H,20,21)(H2,16,17,22). The van der Waals surface area contributed by atoms with Crippen molar-refractivity contribution >= 4 is 12.0 Å². The van der Waals surface area contributed by atoms with Gasteiger partial charge < -0.3 is 15.7 Å². The van der Waals surface area contributed by atoms with Crippen molar-refractivity contribution in [1.82, 2.24) is 20.4 Å². The maximum atomic E-state index is 11.6. The Labute approximate surface area is 128 Å². The smallest absolute Gasteiger partial charge is 0.335 e. The van der Waals surface area contributed by atoms with Gasteiger partial charge in [0.15, 0.2) is 0 Å². The fourth-order valence-electron chi connectivity index (χ4n) is 1.88. The van der Waals surface area contributed by atoms with Crippen LogP contribution in [0, 0.1) is 6.92 Å². The summed E-state index contributed by atoms with van der Waals surface area (Å²) in [4.78, 5) is 22.4. The molecule has 2 rings (SSSR count). The number of amides is 2. The van der Waals surface area contributed by atoms with Crippen LogP contribution in [0.5, 0.6) is 0 Å². The van der Waals surface area contributed by atoms with Crippen molar-refractivity contribution in [2.75, 3.05) is 6.54 Å². The minimum Gasteiger partial charge on any atom is -0.478 e. The number of aromatic nitrogens is 2. The number of hydrogen-bond donors (Lipinski definition) is 3. The molecule has 0 aliphatic rings. The number of urea groups is 1. The highest BCUT2D eigenvalue weighted by atomic mass is 16.4. The number of aryl methyl sites for hydroxylation is 1. The summed E-state index contributed by atoms with van der Waals surface area (Å²) in [5, 5.41) is 18.4. The van der Waals surface area contributed by atoms with Crippen molar-refractivity contribution in [2.24, 2.45) is 0 Å². The van der Waals surface area contributed by atoms with Gasteiger partial charge >= 0.3 is 12.0 Å². The van der Waals surface area contributed by atoms with Gasteiger partial charge in [-0.3, -0.25) is 4.68 Å². The molecule has 0 spiro atoms. The van der Waals surface area contributed by atoms with Gasteiger partial charge in [0.25, 0.3) is 0 Å². The van der Waals surface area contributed by atoms with Crippen molar-refractivity contribution in [1.29, 1.82) is 0 Å². The lowest BCUT2D eigenvalue weighted by Crippen LogP contribution is -2.36. The first-order valence-electron chi connectivity index (χ1n) is 6.87. The average molecular weight is 302 g/mol. The fourth-order valence-corrected chi connectivity index (χ4v) is 1.88. The number of carbonyl (C=O) groups is 2. The molecule has 22 heavy (non-hydrogen) atoms. The summed E-state index contributed by atoms with van der Waals surface area (Å²) >= 11 is 0. The molecule has 1 heterocycles. The van der Waals surface area contributed by atoms with E-state index >= 15 is 0 Å². The normalized spacial score (nSPS) is 10.2. The molecule has 0 fully saturated rings. The Morgan fingerprint density at radius 1 is 1.23 bits per heavy atom. The third kappa shape index (κ3) is 4.62. The summed E-state index contributed by atoms with van der Waals surface area (Å²) in [6.07, 6.45) is 3.67. The molecule has 7 heteroatoms. The molecular weight excluding hydrogens is 284 g/mol. The molecule has 7 nitrogen and oxygen atoms in total. The predicted molar refractivity (Wildman–Crippen MR) is 80.6 cm³/mol. The number of benzene rings is 1. The molecule has 0 saturated carbocycles. The lowest BCUT2D eigenvalue weighted by Gasteiger charge is -2.08. The van der Waals surface area contributed by atoms with Crippen molar-refractivity contribution in [3.8, 4) is 0 Å². The largest absolute Gasteiger partial charge is 0.478 e. The highest BCUT2D eigenvalue weighted by molar-refractivity contribution is 5.87. The lowest BCUT2D eigenvalue weighted by molar-refractivity contribution is 0.0697.